The molecule has 2 heterocycles. The van der Waals surface area contributed by atoms with Gasteiger partial charge in [0.05, 0.1) is 17.6 Å². The van der Waals surface area contributed by atoms with Gasteiger partial charge in [0.15, 0.2) is 5.13 Å². The van der Waals surface area contributed by atoms with E-state index in [9.17, 15) is 9.59 Å². The average molecular weight is 368 g/mol. The number of amides is 2. The molecule has 1 aliphatic heterocycles. The van der Waals surface area contributed by atoms with Crippen LogP contribution >= 0.6 is 11.3 Å². The first-order chi connectivity index (χ1) is 12.5. The van der Waals surface area contributed by atoms with E-state index in [2.05, 4.69) is 16.4 Å². The summed E-state index contributed by atoms with van der Waals surface area (Å²) in [5.74, 6) is -0.447. The predicted molar refractivity (Wildman–Crippen MR) is 99.7 cm³/mol. The van der Waals surface area contributed by atoms with E-state index in [4.69, 9.17) is 5.26 Å². The summed E-state index contributed by atoms with van der Waals surface area (Å²) >= 11 is 1.43. The van der Waals surface area contributed by atoms with Crippen LogP contribution in [0.4, 0.5) is 5.13 Å². The molecule has 26 heavy (non-hydrogen) atoms. The van der Waals surface area contributed by atoms with Gasteiger partial charge in [-0.25, -0.2) is 4.98 Å². The maximum absolute atomic E-state index is 12.4. The summed E-state index contributed by atoms with van der Waals surface area (Å²) in [5, 5.41) is 12.2. The summed E-state index contributed by atoms with van der Waals surface area (Å²) in [7, 11) is 0. The molecule has 0 saturated carbocycles. The number of thiazole rings is 1. The van der Waals surface area contributed by atoms with Gasteiger partial charge in [0.1, 0.15) is 0 Å². The highest BCUT2D eigenvalue weighted by Crippen LogP contribution is 2.25. The van der Waals surface area contributed by atoms with E-state index in [1.54, 1.807) is 23.2 Å². The lowest BCUT2D eigenvalue weighted by Gasteiger charge is -2.20. The maximum atomic E-state index is 12.4. The lowest BCUT2D eigenvalue weighted by Crippen LogP contribution is -2.33. The fourth-order valence-electron chi connectivity index (χ4n) is 2.96. The molecule has 1 N–H and O–H groups in total. The molecule has 2 aromatic rings. The number of hydrogen-bond acceptors (Lipinski definition) is 5. The van der Waals surface area contributed by atoms with E-state index in [0.29, 0.717) is 23.7 Å². The Morgan fingerprint density at radius 3 is 2.77 bits per heavy atom. The smallest absolute Gasteiger partial charge is 0.231 e. The summed E-state index contributed by atoms with van der Waals surface area (Å²) in [4.78, 5) is 31.4. The van der Waals surface area contributed by atoms with Crippen LogP contribution in [0.3, 0.4) is 0 Å². The number of aromatic nitrogens is 1. The molecule has 1 saturated heterocycles. The quantitative estimate of drug-likeness (QED) is 0.879. The van der Waals surface area contributed by atoms with Gasteiger partial charge in [0, 0.05) is 36.5 Å². The predicted octanol–water partition coefficient (Wildman–Crippen LogP) is 2.80. The number of anilines is 1. The van der Waals surface area contributed by atoms with E-state index in [-0.39, 0.29) is 30.2 Å². The van der Waals surface area contributed by atoms with Gasteiger partial charge in [-0.3, -0.25) is 9.59 Å². The van der Waals surface area contributed by atoms with Crippen LogP contribution in [-0.2, 0) is 16.0 Å². The first kappa shape index (κ1) is 18.1. The topological polar surface area (TPSA) is 86.1 Å². The van der Waals surface area contributed by atoms with E-state index < -0.39 is 0 Å². The van der Waals surface area contributed by atoms with Gasteiger partial charge < -0.3 is 10.2 Å². The highest BCUT2D eigenvalue weighted by atomic mass is 32.1. The van der Waals surface area contributed by atoms with Crippen molar-refractivity contribution in [1.29, 1.82) is 5.26 Å². The molecule has 1 aromatic heterocycles. The second-order valence-electron chi connectivity index (χ2n) is 6.65. The summed E-state index contributed by atoms with van der Waals surface area (Å²) < 4.78 is 0. The summed E-state index contributed by atoms with van der Waals surface area (Å²) in [6.45, 7) is 4.37. The van der Waals surface area contributed by atoms with Crippen molar-refractivity contribution in [3.8, 4) is 6.07 Å². The number of likely N-dealkylation sites (tertiary alicyclic amines) is 1. The van der Waals surface area contributed by atoms with Crippen molar-refractivity contribution in [2.75, 3.05) is 11.9 Å². The molecule has 2 amide bonds. The standard InChI is InChI=1S/C19H20N4O2S/c1-12(2)23-11-15(8-17(23)24)18(25)22-19-21-10-16(26-19)7-13-3-5-14(9-20)6-4-13/h3-6,10,12,15H,7-8,11H2,1-2H3,(H,21,22,25). The Morgan fingerprint density at radius 2 is 2.15 bits per heavy atom. The average Bonchev–Trinajstić information content (AvgIpc) is 3.22. The normalized spacial score (nSPS) is 16.8. The minimum Gasteiger partial charge on any atom is -0.339 e. The Bertz CT molecular complexity index is 851. The molecule has 1 unspecified atom stereocenters. The summed E-state index contributed by atoms with van der Waals surface area (Å²) in [6, 6.07) is 9.62. The van der Waals surface area contributed by atoms with E-state index in [1.165, 1.54) is 11.3 Å². The Labute approximate surface area is 156 Å². The Kier molecular flexibility index (Phi) is 5.33. The number of rotatable bonds is 5. The monoisotopic (exact) mass is 368 g/mol. The number of carbonyl (C=O) groups is 2. The molecule has 0 spiro atoms. The number of nitriles is 1. The second kappa shape index (κ2) is 7.67. The van der Waals surface area contributed by atoms with Crippen molar-refractivity contribution in [3.63, 3.8) is 0 Å². The van der Waals surface area contributed by atoms with Crippen molar-refractivity contribution in [3.05, 3.63) is 46.5 Å². The molecule has 1 atom stereocenters. The Hall–Kier alpha value is -2.72. The maximum Gasteiger partial charge on any atom is 0.231 e. The molecular weight excluding hydrogens is 348 g/mol. The molecular formula is C19H20N4O2S. The van der Waals surface area contributed by atoms with Crippen molar-refractivity contribution in [2.24, 2.45) is 5.92 Å². The van der Waals surface area contributed by atoms with Crippen LogP contribution in [0, 0.1) is 17.2 Å². The molecule has 1 aliphatic rings. The number of nitrogens with zero attached hydrogens (tertiary/aromatic N) is 3. The summed E-state index contributed by atoms with van der Waals surface area (Å²) in [6.07, 6.45) is 2.70. The van der Waals surface area contributed by atoms with Crippen molar-refractivity contribution in [1.82, 2.24) is 9.88 Å². The van der Waals surface area contributed by atoms with Gasteiger partial charge in [0.25, 0.3) is 0 Å². The zero-order valence-corrected chi connectivity index (χ0v) is 15.5. The molecule has 7 heteroatoms. The molecule has 1 aromatic carbocycles. The lowest BCUT2D eigenvalue weighted by atomic mass is 10.1. The van der Waals surface area contributed by atoms with E-state index in [0.717, 1.165) is 10.4 Å². The van der Waals surface area contributed by atoms with Crippen LogP contribution < -0.4 is 5.32 Å². The zero-order valence-electron chi connectivity index (χ0n) is 14.7. The van der Waals surface area contributed by atoms with Crippen LogP contribution in [-0.4, -0.2) is 34.3 Å². The molecule has 0 bridgehead atoms. The molecule has 6 nitrogen and oxygen atoms in total. The Morgan fingerprint density at radius 1 is 1.42 bits per heavy atom. The van der Waals surface area contributed by atoms with Gasteiger partial charge in [-0.15, -0.1) is 11.3 Å². The fraction of sp³-hybridized carbons (Fsp3) is 0.368. The van der Waals surface area contributed by atoms with Gasteiger partial charge in [0.2, 0.25) is 11.8 Å². The van der Waals surface area contributed by atoms with Crippen LogP contribution in [0.5, 0.6) is 0 Å². The molecule has 134 valence electrons. The van der Waals surface area contributed by atoms with Crippen LogP contribution in [0.1, 0.15) is 36.3 Å². The minimum atomic E-state index is -0.323. The fourth-order valence-corrected chi connectivity index (χ4v) is 3.81. The van der Waals surface area contributed by atoms with Crippen molar-refractivity contribution in [2.45, 2.75) is 32.7 Å². The number of benzene rings is 1. The minimum absolute atomic E-state index is 0.0285. The molecule has 3 rings (SSSR count). The third-order valence-electron chi connectivity index (χ3n) is 4.40. The summed E-state index contributed by atoms with van der Waals surface area (Å²) in [5.41, 5.74) is 1.71. The number of carbonyl (C=O) groups excluding carboxylic acids is 2. The molecule has 0 radical (unpaired) electrons. The first-order valence-corrected chi connectivity index (χ1v) is 9.32. The van der Waals surface area contributed by atoms with Gasteiger partial charge >= 0.3 is 0 Å². The molecule has 1 fully saturated rings. The van der Waals surface area contributed by atoms with Crippen molar-refractivity contribution < 1.29 is 9.59 Å². The van der Waals surface area contributed by atoms with Crippen LogP contribution in [0.25, 0.3) is 0 Å². The number of nitrogens with one attached hydrogen (secondary N) is 1. The highest BCUT2D eigenvalue weighted by Gasteiger charge is 2.35. The third-order valence-corrected chi connectivity index (χ3v) is 5.31. The lowest BCUT2D eigenvalue weighted by molar-refractivity contribution is -0.129. The van der Waals surface area contributed by atoms with Gasteiger partial charge in [-0.1, -0.05) is 12.1 Å². The van der Waals surface area contributed by atoms with Gasteiger partial charge in [-0.2, -0.15) is 5.26 Å². The largest absolute Gasteiger partial charge is 0.339 e. The highest BCUT2D eigenvalue weighted by molar-refractivity contribution is 7.15. The second-order valence-corrected chi connectivity index (χ2v) is 7.76. The van der Waals surface area contributed by atoms with Gasteiger partial charge in [-0.05, 0) is 31.5 Å². The van der Waals surface area contributed by atoms with E-state index in [1.807, 2.05) is 26.0 Å². The first-order valence-electron chi connectivity index (χ1n) is 8.50. The van der Waals surface area contributed by atoms with Crippen molar-refractivity contribution >= 4 is 28.3 Å². The number of hydrogen-bond donors (Lipinski definition) is 1. The van der Waals surface area contributed by atoms with E-state index >= 15 is 0 Å². The Balaban J connectivity index is 1.59. The SMILES string of the molecule is CC(C)N1CC(C(=O)Nc2ncc(Cc3ccc(C#N)cc3)s2)CC1=O. The molecule has 0 aliphatic carbocycles. The van der Waals surface area contributed by atoms with Crippen LogP contribution in [0.15, 0.2) is 30.5 Å². The zero-order chi connectivity index (χ0) is 18.7. The van der Waals surface area contributed by atoms with Crippen LogP contribution in [0.2, 0.25) is 0 Å². The third kappa shape index (κ3) is 4.09.